The summed E-state index contributed by atoms with van der Waals surface area (Å²) >= 11 is 0. The minimum absolute atomic E-state index is 0.105. The van der Waals surface area contributed by atoms with E-state index in [9.17, 15) is 14.4 Å². The van der Waals surface area contributed by atoms with Gasteiger partial charge in [0.05, 0.1) is 0 Å². The molecule has 57 heavy (non-hydrogen) atoms. The SMILES string of the molecule is CCCC/C=C\CCCCCCCC(=O)OCC(COC(=O)CCCCCCCC/C=C\C=C/CCCCC)OC(=O)CC/C=C\C/C=C\CCCCCCCC. The molecule has 0 aliphatic heterocycles. The van der Waals surface area contributed by atoms with Gasteiger partial charge in [0.1, 0.15) is 13.2 Å². The van der Waals surface area contributed by atoms with Crippen molar-refractivity contribution in [3.05, 3.63) is 60.8 Å². The third kappa shape index (κ3) is 44.1. The molecule has 1 atom stereocenters. The first-order valence-corrected chi connectivity index (χ1v) is 23.8. The van der Waals surface area contributed by atoms with Crippen LogP contribution in [0.2, 0.25) is 0 Å². The molecule has 0 aliphatic carbocycles. The third-order valence-corrected chi connectivity index (χ3v) is 10.0. The summed E-state index contributed by atoms with van der Waals surface area (Å²) in [7, 11) is 0. The fraction of sp³-hybridized carbons (Fsp3) is 0.745. The Bertz CT molecular complexity index is 1050. The van der Waals surface area contributed by atoms with Crippen LogP contribution in [0.5, 0.6) is 0 Å². The molecule has 0 heterocycles. The first-order chi connectivity index (χ1) is 28.0. The van der Waals surface area contributed by atoms with Crippen LogP contribution in [0.4, 0.5) is 0 Å². The maximum atomic E-state index is 12.7. The molecule has 0 bridgehead atoms. The van der Waals surface area contributed by atoms with Crippen LogP contribution < -0.4 is 0 Å². The maximum absolute atomic E-state index is 12.7. The van der Waals surface area contributed by atoms with E-state index in [0.717, 1.165) is 70.6 Å². The fourth-order valence-electron chi connectivity index (χ4n) is 6.35. The molecule has 6 heteroatoms. The van der Waals surface area contributed by atoms with Gasteiger partial charge in [-0.2, -0.15) is 0 Å². The van der Waals surface area contributed by atoms with Gasteiger partial charge < -0.3 is 14.2 Å². The lowest BCUT2D eigenvalue weighted by atomic mass is 10.1. The lowest BCUT2D eigenvalue weighted by Crippen LogP contribution is -2.30. The molecule has 0 rings (SSSR count). The number of esters is 3. The highest BCUT2D eigenvalue weighted by Gasteiger charge is 2.19. The quantitative estimate of drug-likeness (QED) is 0.0201. The van der Waals surface area contributed by atoms with E-state index in [1.54, 1.807) is 0 Å². The summed E-state index contributed by atoms with van der Waals surface area (Å²) in [5.41, 5.74) is 0. The first-order valence-electron chi connectivity index (χ1n) is 23.8. The zero-order valence-corrected chi connectivity index (χ0v) is 37.3. The normalized spacial score (nSPS) is 12.5. The van der Waals surface area contributed by atoms with Gasteiger partial charge in [0, 0.05) is 19.3 Å². The summed E-state index contributed by atoms with van der Waals surface area (Å²) in [6.45, 7) is 6.48. The molecular weight excluding hydrogens is 709 g/mol. The van der Waals surface area contributed by atoms with Gasteiger partial charge in [-0.3, -0.25) is 14.4 Å². The molecule has 0 saturated carbocycles. The zero-order chi connectivity index (χ0) is 41.5. The summed E-state index contributed by atoms with van der Waals surface area (Å²) in [5, 5.41) is 0. The highest BCUT2D eigenvalue weighted by atomic mass is 16.6. The van der Waals surface area contributed by atoms with E-state index in [1.807, 2.05) is 6.08 Å². The largest absolute Gasteiger partial charge is 0.462 e. The number of rotatable bonds is 42. The third-order valence-electron chi connectivity index (χ3n) is 10.0. The van der Waals surface area contributed by atoms with Crippen molar-refractivity contribution in [2.45, 2.75) is 232 Å². The van der Waals surface area contributed by atoms with Crippen LogP contribution in [-0.2, 0) is 28.6 Å². The minimum Gasteiger partial charge on any atom is -0.462 e. The number of carbonyl (C=O) groups excluding carboxylic acids is 3. The van der Waals surface area contributed by atoms with Crippen molar-refractivity contribution < 1.29 is 28.6 Å². The van der Waals surface area contributed by atoms with Gasteiger partial charge in [-0.05, 0) is 83.5 Å². The molecule has 0 N–H and O–H groups in total. The van der Waals surface area contributed by atoms with Crippen molar-refractivity contribution in [2.24, 2.45) is 0 Å². The first kappa shape index (κ1) is 54.1. The molecule has 0 radical (unpaired) electrons. The van der Waals surface area contributed by atoms with Crippen LogP contribution >= 0.6 is 0 Å². The smallest absolute Gasteiger partial charge is 0.306 e. The van der Waals surface area contributed by atoms with E-state index in [1.165, 1.54) is 109 Å². The summed E-state index contributed by atoms with van der Waals surface area (Å²) in [5.74, 6) is -0.997. The second kappa shape index (κ2) is 45.8. The zero-order valence-electron chi connectivity index (χ0n) is 37.3. The van der Waals surface area contributed by atoms with Crippen molar-refractivity contribution in [1.82, 2.24) is 0 Å². The fourth-order valence-corrected chi connectivity index (χ4v) is 6.35. The molecule has 0 spiro atoms. The van der Waals surface area contributed by atoms with E-state index in [-0.39, 0.29) is 37.5 Å². The van der Waals surface area contributed by atoms with Crippen LogP contribution in [0, 0.1) is 0 Å². The summed E-state index contributed by atoms with van der Waals surface area (Å²) in [4.78, 5) is 37.7. The molecule has 0 saturated heterocycles. The summed E-state index contributed by atoms with van der Waals surface area (Å²) < 4.78 is 16.6. The van der Waals surface area contributed by atoms with E-state index in [2.05, 4.69) is 75.5 Å². The second-order valence-electron chi connectivity index (χ2n) is 15.7. The predicted octanol–water partition coefficient (Wildman–Crippen LogP) is 15.3. The van der Waals surface area contributed by atoms with Gasteiger partial charge in [0.2, 0.25) is 0 Å². The van der Waals surface area contributed by atoms with E-state index in [4.69, 9.17) is 14.2 Å². The van der Waals surface area contributed by atoms with Crippen LogP contribution in [-0.4, -0.2) is 37.2 Å². The van der Waals surface area contributed by atoms with Gasteiger partial charge in [0.25, 0.3) is 0 Å². The van der Waals surface area contributed by atoms with Gasteiger partial charge in [-0.25, -0.2) is 0 Å². The molecular formula is C51H88O6. The number of ether oxygens (including phenoxy) is 3. The van der Waals surface area contributed by atoms with Gasteiger partial charge in [-0.1, -0.05) is 184 Å². The highest BCUT2D eigenvalue weighted by Crippen LogP contribution is 2.13. The van der Waals surface area contributed by atoms with Gasteiger partial charge in [-0.15, -0.1) is 0 Å². The van der Waals surface area contributed by atoms with E-state index < -0.39 is 6.10 Å². The number of unbranched alkanes of at least 4 members (excludes halogenated alkanes) is 22. The molecule has 0 aliphatic rings. The average molecular weight is 797 g/mol. The van der Waals surface area contributed by atoms with Crippen molar-refractivity contribution in [3.63, 3.8) is 0 Å². The predicted molar refractivity (Wildman–Crippen MR) is 242 cm³/mol. The summed E-state index contributed by atoms with van der Waals surface area (Å²) in [6, 6.07) is 0. The molecule has 0 fully saturated rings. The Morgan fingerprint density at radius 1 is 0.368 bits per heavy atom. The Hall–Kier alpha value is -2.89. The Labute approximate surface area is 351 Å². The second-order valence-corrected chi connectivity index (χ2v) is 15.7. The van der Waals surface area contributed by atoms with Crippen LogP contribution in [0.15, 0.2) is 60.8 Å². The Morgan fingerprint density at radius 2 is 0.737 bits per heavy atom. The Kier molecular flexibility index (Phi) is 43.5. The van der Waals surface area contributed by atoms with E-state index >= 15 is 0 Å². The van der Waals surface area contributed by atoms with Crippen molar-refractivity contribution >= 4 is 17.9 Å². The number of carbonyl (C=O) groups is 3. The molecule has 0 aromatic heterocycles. The minimum atomic E-state index is -0.810. The molecule has 0 aromatic carbocycles. The Morgan fingerprint density at radius 3 is 1.25 bits per heavy atom. The standard InChI is InChI=1S/C51H88O6/c1-4-7-10-13-16-19-22-24-25-27-29-32-35-38-41-44-50(53)56-47-48(46-55-49(52)43-40-37-34-31-28-21-18-15-12-9-6-3)57-51(54)45-42-39-36-33-30-26-23-20-17-14-11-8-5-2/h15-16,18-19,22,24,26,30,36,39,48H,4-14,17,20-21,23,25,27-29,31-35,37-38,40-47H2,1-3H3/b18-15-,19-16-,24-22-,30-26-,39-36-. The Balaban J connectivity index is 4.47. The van der Waals surface area contributed by atoms with Gasteiger partial charge >= 0.3 is 17.9 Å². The number of hydrogen-bond donors (Lipinski definition) is 0. The molecule has 0 amide bonds. The molecule has 328 valence electrons. The molecule has 1 unspecified atom stereocenters. The lowest BCUT2D eigenvalue weighted by molar-refractivity contribution is -0.166. The monoisotopic (exact) mass is 797 g/mol. The molecule has 0 aromatic rings. The average Bonchev–Trinajstić information content (AvgIpc) is 3.21. The lowest BCUT2D eigenvalue weighted by Gasteiger charge is -2.18. The topological polar surface area (TPSA) is 78.9 Å². The van der Waals surface area contributed by atoms with Crippen LogP contribution in [0.3, 0.4) is 0 Å². The molecule has 6 nitrogen and oxygen atoms in total. The van der Waals surface area contributed by atoms with Crippen molar-refractivity contribution in [3.8, 4) is 0 Å². The van der Waals surface area contributed by atoms with Crippen molar-refractivity contribution in [2.75, 3.05) is 13.2 Å². The highest BCUT2D eigenvalue weighted by molar-refractivity contribution is 5.71. The number of hydrogen-bond acceptors (Lipinski definition) is 6. The van der Waals surface area contributed by atoms with E-state index in [0.29, 0.717) is 19.3 Å². The van der Waals surface area contributed by atoms with Crippen molar-refractivity contribution in [1.29, 1.82) is 0 Å². The maximum Gasteiger partial charge on any atom is 0.306 e. The van der Waals surface area contributed by atoms with Gasteiger partial charge in [0.15, 0.2) is 6.10 Å². The summed E-state index contributed by atoms with van der Waals surface area (Å²) in [6.07, 6.45) is 55.0. The van der Waals surface area contributed by atoms with Crippen LogP contribution in [0.25, 0.3) is 0 Å². The number of allylic oxidation sites excluding steroid dienone is 10. The van der Waals surface area contributed by atoms with Crippen LogP contribution in [0.1, 0.15) is 226 Å².